The third kappa shape index (κ3) is 4.56. The van der Waals surface area contributed by atoms with E-state index in [4.69, 9.17) is 17.0 Å². The Kier molecular flexibility index (Phi) is 6.11. The van der Waals surface area contributed by atoms with Crippen molar-refractivity contribution >= 4 is 56.0 Å². The zero-order valence-electron chi connectivity index (χ0n) is 15.5. The lowest BCUT2D eigenvalue weighted by molar-refractivity contribution is -0.135. The van der Waals surface area contributed by atoms with E-state index in [2.05, 4.69) is 0 Å². The monoisotopic (exact) mass is 440 g/mol. The number of thiocarbonyl (C=S) groups is 1. The number of thioether (sulfide) groups is 1. The lowest BCUT2D eigenvalue weighted by atomic mass is 10.2. The van der Waals surface area contributed by atoms with Crippen LogP contribution in [0.2, 0.25) is 0 Å². The highest BCUT2D eigenvalue weighted by Crippen LogP contribution is 2.33. The first-order valence-electron chi connectivity index (χ1n) is 8.55. The lowest BCUT2D eigenvalue weighted by Gasteiger charge is -2.25. The van der Waals surface area contributed by atoms with Crippen molar-refractivity contribution in [1.29, 1.82) is 0 Å². The Morgan fingerprint density at radius 3 is 2.64 bits per heavy atom. The van der Waals surface area contributed by atoms with Crippen LogP contribution in [0.25, 0.3) is 6.08 Å². The van der Waals surface area contributed by atoms with E-state index in [1.165, 1.54) is 9.80 Å². The second-order valence-corrected chi connectivity index (χ2v) is 10.5. The van der Waals surface area contributed by atoms with Crippen LogP contribution < -0.4 is 4.74 Å². The van der Waals surface area contributed by atoms with Crippen LogP contribution in [0, 0.1) is 0 Å². The summed E-state index contributed by atoms with van der Waals surface area (Å²) in [5.41, 5.74) is 0.820. The van der Waals surface area contributed by atoms with Crippen molar-refractivity contribution in [3.8, 4) is 5.75 Å². The van der Waals surface area contributed by atoms with Gasteiger partial charge in [-0.2, -0.15) is 0 Å². The molecule has 1 aromatic carbocycles. The van der Waals surface area contributed by atoms with E-state index >= 15 is 0 Å². The van der Waals surface area contributed by atoms with Crippen molar-refractivity contribution in [3.05, 3.63) is 34.7 Å². The minimum absolute atomic E-state index is 0.0367. The summed E-state index contributed by atoms with van der Waals surface area (Å²) in [5.74, 6) is 0.106. The van der Waals surface area contributed by atoms with Crippen molar-refractivity contribution < 1.29 is 22.7 Å². The molecular weight excluding hydrogens is 420 g/mol. The van der Waals surface area contributed by atoms with Gasteiger partial charge in [0.15, 0.2) is 9.84 Å². The molecule has 0 spiro atoms. The molecule has 2 aliphatic heterocycles. The number of sulfone groups is 1. The lowest BCUT2D eigenvalue weighted by Crippen LogP contribution is -2.45. The van der Waals surface area contributed by atoms with Crippen molar-refractivity contribution in [2.45, 2.75) is 12.5 Å². The number of likely N-dealkylation sites (N-methyl/N-ethyl adjacent to an activating group) is 1. The molecular formula is C18H20N2O5S3. The van der Waals surface area contributed by atoms with Crippen molar-refractivity contribution in [1.82, 2.24) is 9.80 Å². The fraction of sp³-hybridized carbons (Fsp3) is 0.389. The minimum Gasteiger partial charge on any atom is -0.497 e. The predicted molar refractivity (Wildman–Crippen MR) is 113 cm³/mol. The summed E-state index contributed by atoms with van der Waals surface area (Å²) < 4.78 is 28.7. The van der Waals surface area contributed by atoms with Crippen LogP contribution in [0.3, 0.4) is 0 Å². The van der Waals surface area contributed by atoms with Crippen LogP contribution in [0.15, 0.2) is 29.2 Å². The predicted octanol–water partition coefficient (Wildman–Crippen LogP) is 1.54. The van der Waals surface area contributed by atoms with Gasteiger partial charge in [-0.1, -0.05) is 36.1 Å². The summed E-state index contributed by atoms with van der Waals surface area (Å²) in [4.78, 5) is 28.4. The number of hydrogen-bond donors (Lipinski definition) is 0. The molecule has 10 heteroatoms. The maximum absolute atomic E-state index is 12.7. The molecule has 2 aliphatic rings. The summed E-state index contributed by atoms with van der Waals surface area (Å²) in [6, 6.07) is 6.88. The number of methoxy groups -OCH3 is 1. The van der Waals surface area contributed by atoms with E-state index in [1.807, 2.05) is 12.1 Å². The van der Waals surface area contributed by atoms with Crippen LogP contribution in [-0.4, -0.2) is 72.6 Å². The van der Waals surface area contributed by atoms with Crippen molar-refractivity contribution in [2.75, 3.05) is 32.2 Å². The van der Waals surface area contributed by atoms with Crippen LogP contribution in [0.1, 0.15) is 12.0 Å². The van der Waals surface area contributed by atoms with Crippen LogP contribution in [0.5, 0.6) is 5.75 Å². The van der Waals surface area contributed by atoms with Gasteiger partial charge in [0.05, 0.1) is 23.5 Å². The van der Waals surface area contributed by atoms with E-state index in [0.29, 0.717) is 21.4 Å². The third-order valence-electron chi connectivity index (χ3n) is 4.73. The van der Waals surface area contributed by atoms with Gasteiger partial charge >= 0.3 is 0 Å². The molecule has 2 amide bonds. The first-order valence-corrected chi connectivity index (χ1v) is 11.6. The molecule has 3 rings (SSSR count). The summed E-state index contributed by atoms with van der Waals surface area (Å²) >= 11 is 6.41. The van der Waals surface area contributed by atoms with Crippen LogP contribution in [0.4, 0.5) is 0 Å². The molecule has 2 fully saturated rings. The second-order valence-electron chi connectivity index (χ2n) is 6.60. The molecule has 2 heterocycles. The molecule has 7 nitrogen and oxygen atoms in total. The Hall–Kier alpha value is -1.91. The number of carbonyl (C=O) groups is 2. The summed E-state index contributed by atoms with van der Waals surface area (Å²) in [6.45, 7) is -0.197. The number of benzene rings is 1. The molecule has 0 radical (unpaired) electrons. The standard InChI is InChI=1S/C18H20N2O5S3/c1-19(13-7-8-28(23,24)11-13)16(21)10-20-17(22)15(27-18(20)26)9-12-3-5-14(25-2)6-4-12/h3-6,9,13H,7-8,10-11H2,1-2H3/b15-9-/t13-/m1/s1. The third-order valence-corrected chi connectivity index (χ3v) is 7.86. The fourth-order valence-corrected chi connectivity index (χ4v) is 6.05. The van der Waals surface area contributed by atoms with E-state index in [0.717, 1.165) is 17.3 Å². The van der Waals surface area contributed by atoms with Crippen LogP contribution in [-0.2, 0) is 19.4 Å². The summed E-state index contributed by atoms with van der Waals surface area (Å²) in [6.07, 6.45) is 2.14. The van der Waals surface area contributed by atoms with Gasteiger partial charge in [0.2, 0.25) is 5.91 Å². The number of nitrogens with zero attached hydrogens (tertiary/aromatic N) is 2. The molecule has 0 N–H and O–H groups in total. The number of ether oxygens (including phenoxy) is 1. The second kappa shape index (κ2) is 8.22. The highest BCUT2D eigenvalue weighted by Gasteiger charge is 2.37. The maximum atomic E-state index is 12.7. The number of hydrogen-bond acceptors (Lipinski definition) is 7. The van der Waals surface area contributed by atoms with Crippen molar-refractivity contribution in [3.63, 3.8) is 0 Å². The largest absolute Gasteiger partial charge is 0.497 e. The summed E-state index contributed by atoms with van der Waals surface area (Å²) in [7, 11) is 0.0530. The Balaban J connectivity index is 1.67. The molecule has 150 valence electrons. The van der Waals surface area contributed by atoms with Gasteiger partial charge in [-0.05, 0) is 30.2 Å². The molecule has 28 heavy (non-hydrogen) atoms. The number of carbonyl (C=O) groups excluding carboxylic acids is 2. The molecule has 0 aromatic heterocycles. The average Bonchev–Trinajstić information content (AvgIpc) is 3.15. The molecule has 2 saturated heterocycles. The van der Waals surface area contributed by atoms with E-state index in [-0.39, 0.29) is 35.9 Å². The Labute approximate surface area is 173 Å². The highest BCUT2D eigenvalue weighted by molar-refractivity contribution is 8.26. The zero-order chi connectivity index (χ0) is 20.5. The highest BCUT2D eigenvalue weighted by atomic mass is 32.2. The summed E-state index contributed by atoms with van der Waals surface area (Å²) in [5, 5.41) is 0. The maximum Gasteiger partial charge on any atom is 0.266 e. The molecule has 0 bridgehead atoms. The molecule has 0 unspecified atom stereocenters. The smallest absolute Gasteiger partial charge is 0.266 e. The van der Waals surface area contributed by atoms with Gasteiger partial charge in [-0.15, -0.1) is 0 Å². The molecule has 1 aromatic rings. The number of rotatable bonds is 5. The van der Waals surface area contributed by atoms with Crippen LogP contribution >= 0.6 is 24.0 Å². The van der Waals surface area contributed by atoms with Gasteiger partial charge in [-0.3, -0.25) is 14.5 Å². The SMILES string of the molecule is COc1ccc(/C=C2\SC(=S)N(CC(=O)N(C)[C@@H]3CCS(=O)(=O)C3)C2=O)cc1. The van der Waals surface area contributed by atoms with E-state index < -0.39 is 9.84 Å². The fourth-order valence-electron chi connectivity index (χ4n) is 3.02. The van der Waals surface area contributed by atoms with Gasteiger partial charge in [0.25, 0.3) is 5.91 Å². The van der Waals surface area contributed by atoms with E-state index in [1.54, 1.807) is 32.4 Å². The Morgan fingerprint density at radius 2 is 2.07 bits per heavy atom. The van der Waals surface area contributed by atoms with Gasteiger partial charge < -0.3 is 9.64 Å². The Morgan fingerprint density at radius 1 is 1.39 bits per heavy atom. The zero-order valence-corrected chi connectivity index (χ0v) is 17.9. The minimum atomic E-state index is -3.09. The topological polar surface area (TPSA) is 84.0 Å². The van der Waals surface area contributed by atoms with Crippen molar-refractivity contribution in [2.24, 2.45) is 0 Å². The molecule has 0 aliphatic carbocycles. The Bertz CT molecular complexity index is 940. The van der Waals surface area contributed by atoms with Gasteiger partial charge in [0, 0.05) is 13.1 Å². The first-order chi connectivity index (χ1) is 13.2. The molecule has 0 saturated carbocycles. The number of amides is 2. The molecule has 1 atom stereocenters. The van der Waals surface area contributed by atoms with Gasteiger partial charge in [-0.25, -0.2) is 8.42 Å². The quantitative estimate of drug-likeness (QED) is 0.507. The van der Waals surface area contributed by atoms with Gasteiger partial charge in [0.1, 0.15) is 16.6 Å². The normalized spacial score (nSPS) is 22.7. The first kappa shape index (κ1) is 20.8. The average molecular weight is 441 g/mol. The van der Waals surface area contributed by atoms with E-state index in [9.17, 15) is 18.0 Å².